The number of aliphatic hydroxyl groups excluding tert-OH is 1. The van der Waals surface area contributed by atoms with Crippen LogP contribution in [0.15, 0.2) is 52.5 Å². The molecule has 0 saturated heterocycles. The summed E-state index contributed by atoms with van der Waals surface area (Å²) in [4.78, 5) is 5.35. The van der Waals surface area contributed by atoms with Crippen molar-refractivity contribution < 1.29 is 9.84 Å². The average molecular weight is 261 g/mol. The van der Waals surface area contributed by atoms with E-state index in [0.29, 0.717) is 0 Å². The van der Waals surface area contributed by atoms with E-state index in [0.717, 1.165) is 21.2 Å². The van der Waals surface area contributed by atoms with Crippen LogP contribution in [0.4, 0.5) is 0 Å². The second-order valence-corrected chi connectivity index (χ2v) is 4.92. The third-order valence-corrected chi connectivity index (χ3v) is 3.53. The van der Waals surface area contributed by atoms with Gasteiger partial charge in [-0.15, -0.1) is 0 Å². The van der Waals surface area contributed by atoms with Crippen molar-refractivity contribution in [1.29, 1.82) is 0 Å². The molecule has 0 fully saturated rings. The van der Waals surface area contributed by atoms with E-state index in [2.05, 4.69) is 4.98 Å². The number of aromatic nitrogens is 1. The molecule has 1 heterocycles. The van der Waals surface area contributed by atoms with Crippen LogP contribution in [0.1, 0.15) is 18.6 Å². The lowest BCUT2D eigenvalue weighted by Crippen LogP contribution is -1.95. The Hall–Kier alpha value is -1.52. The molecule has 0 unspecified atom stereocenters. The van der Waals surface area contributed by atoms with Gasteiger partial charge in [0.15, 0.2) is 0 Å². The zero-order chi connectivity index (χ0) is 13.0. The van der Waals surface area contributed by atoms with Crippen molar-refractivity contribution in [2.24, 2.45) is 0 Å². The smallest absolute Gasteiger partial charge is 0.119 e. The topological polar surface area (TPSA) is 42.4 Å². The molecule has 1 atom stereocenters. The first-order chi connectivity index (χ1) is 8.70. The first-order valence-electron chi connectivity index (χ1n) is 5.65. The average Bonchev–Trinajstić information content (AvgIpc) is 2.39. The molecule has 18 heavy (non-hydrogen) atoms. The second-order valence-electron chi connectivity index (χ2n) is 3.85. The normalized spacial score (nSPS) is 12.2. The van der Waals surface area contributed by atoms with Gasteiger partial charge in [-0.25, -0.2) is 4.98 Å². The molecular weight excluding hydrogens is 246 g/mol. The third kappa shape index (κ3) is 3.03. The molecule has 94 valence electrons. The minimum absolute atomic E-state index is 0.521. The fraction of sp³-hybridized carbons (Fsp3) is 0.214. The summed E-state index contributed by atoms with van der Waals surface area (Å²) in [5.41, 5.74) is 0.838. The van der Waals surface area contributed by atoms with Crippen LogP contribution in [0.2, 0.25) is 0 Å². The minimum atomic E-state index is -0.521. The summed E-state index contributed by atoms with van der Waals surface area (Å²) < 4.78 is 5.19. The molecule has 2 rings (SSSR count). The van der Waals surface area contributed by atoms with E-state index in [4.69, 9.17) is 4.74 Å². The highest BCUT2D eigenvalue weighted by atomic mass is 32.2. The Balaban J connectivity index is 2.28. The zero-order valence-corrected chi connectivity index (χ0v) is 11.1. The molecule has 0 radical (unpaired) electrons. The van der Waals surface area contributed by atoms with Crippen LogP contribution in [0.5, 0.6) is 5.75 Å². The molecule has 0 spiro atoms. The summed E-state index contributed by atoms with van der Waals surface area (Å²) in [7, 11) is 1.64. The molecule has 0 amide bonds. The van der Waals surface area contributed by atoms with Crippen molar-refractivity contribution in [1.82, 2.24) is 4.98 Å². The Bertz CT molecular complexity index is 529. The summed E-state index contributed by atoms with van der Waals surface area (Å²) in [6.45, 7) is 1.74. The predicted molar refractivity (Wildman–Crippen MR) is 72.0 cm³/mol. The Labute approximate surface area is 111 Å². The molecule has 4 heteroatoms. The van der Waals surface area contributed by atoms with Crippen LogP contribution >= 0.6 is 11.8 Å². The molecule has 1 N–H and O–H groups in total. The first kappa shape index (κ1) is 12.9. The molecular formula is C14H15NO2S. The first-order valence-corrected chi connectivity index (χ1v) is 6.47. The standard InChI is InChI=1S/C14H15NO2S/c1-10(16)13-7-4-8-15-14(13)18-12-6-3-5-11(9-12)17-2/h3-10,16H,1-2H3/t10-/m0/s1. The van der Waals surface area contributed by atoms with Gasteiger partial charge >= 0.3 is 0 Å². The number of benzene rings is 1. The summed E-state index contributed by atoms with van der Waals surface area (Å²) in [5, 5.41) is 10.5. The zero-order valence-electron chi connectivity index (χ0n) is 10.3. The summed E-state index contributed by atoms with van der Waals surface area (Å²) >= 11 is 1.52. The van der Waals surface area contributed by atoms with Gasteiger partial charge in [0.1, 0.15) is 10.8 Å². The van der Waals surface area contributed by atoms with Crippen LogP contribution in [0.25, 0.3) is 0 Å². The highest BCUT2D eigenvalue weighted by Crippen LogP contribution is 2.32. The van der Waals surface area contributed by atoms with Gasteiger partial charge in [-0.3, -0.25) is 0 Å². The van der Waals surface area contributed by atoms with E-state index in [1.54, 1.807) is 20.2 Å². The lowest BCUT2D eigenvalue weighted by atomic mass is 10.2. The largest absolute Gasteiger partial charge is 0.497 e. The van der Waals surface area contributed by atoms with Crippen molar-refractivity contribution in [3.8, 4) is 5.75 Å². The Morgan fingerprint density at radius 2 is 2.11 bits per heavy atom. The third-order valence-electron chi connectivity index (χ3n) is 2.51. The highest BCUT2D eigenvalue weighted by molar-refractivity contribution is 7.99. The van der Waals surface area contributed by atoms with Gasteiger partial charge in [-0.05, 0) is 31.2 Å². The summed E-state index contributed by atoms with van der Waals surface area (Å²) in [6.07, 6.45) is 1.21. The molecule has 1 aromatic carbocycles. The molecule has 2 aromatic rings. The number of aliphatic hydroxyl groups is 1. The summed E-state index contributed by atoms with van der Waals surface area (Å²) in [6, 6.07) is 11.5. The van der Waals surface area contributed by atoms with Crippen LogP contribution < -0.4 is 4.74 Å². The van der Waals surface area contributed by atoms with E-state index in [9.17, 15) is 5.11 Å². The maximum Gasteiger partial charge on any atom is 0.119 e. The van der Waals surface area contributed by atoms with Crippen molar-refractivity contribution in [3.63, 3.8) is 0 Å². The number of rotatable bonds is 4. The molecule has 0 aliphatic heterocycles. The van der Waals surface area contributed by atoms with Crippen LogP contribution in [-0.2, 0) is 0 Å². The van der Waals surface area contributed by atoms with E-state index >= 15 is 0 Å². The van der Waals surface area contributed by atoms with Crippen molar-refractivity contribution in [2.75, 3.05) is 7.11 Å². The molecule has 0 bridgehead atoms. The van der Waals surface area contributed by atoms with E-state index in [-0.39, 0.29) is 0 Å². The quantitative estimate of drug-likeness (QED) is 0.917. The number of hydrogen-bond donors (Lipinski definition) is 1. The molecule has 0 aliphatic carbocycles. The number of pyridine rings is 1. The highest BCUT2D eigenvalue weighted by Gasteiger charge is 2.10. The number of nitrogens with zero attached hydrogens (tertiary/aromatic N) is 1. The van der Waals surface area contributed by atoms with Crippen molar-refractivity contribution in [3.05, 3.63) is 48.2 Å². The lowest BCUT2D eigenvalue weighted by Gasteiger charge is -2.10. The maximum atomic E-state index is 9.71. The molecule has 1 aromatic heterocycles. The van der Waals surface area contributed by atoms with Crippen molar-refractivity contribution >= 4 is 11.8 Å². The second kappa shape index (κ2) is 5.89. The Kier molecular flexibility index (Phi) is 4.23. The van der Waals surface area contributed by atoms with Gasteiger partial charge in [-0.1, -0.05) is 23.9 Å². The van der Waals surface area contributed by atoms with E-state index < -0.39 is 6.10 Å². The van der Waals surface area contributed by atoms with E-state index in [1.165, 1.54) is 11.8 Å². The number of hydrogen-bond acceptors (Lipinski definition) is 4. The van der Waals surface area contributed by atoms with Crippen LogP contribution in [0, 0.1) is 0 Å². The van der Waals surface area contributed by atoms with Gasteiger partial charge in [-0.2, -0.15) is 0 Å². The maximum absolute atomic E-state index is 9.71. The van der Waals surface area contributed by atoms with E-state index in [1.807, 2.05) is 36.4 Å². The van der Waals surface area contributed by atoms with Gasteiger partial charge < -0.3 is 9.84 Å². The van der Waals surface area contributed by atoms with Gasteiger partial charge in [0.2, 0.25) is 0 Å². The minimum Gasteiger partial charge on any atom is -0.497 e. The fourth-order valence-corrected chi connectivity index (χ4v) is 2.60. The van der Waals surface area contributed by atoms with Crippen molar-refractivity contribution in [2.45, 2.75) is 22.9 Å². The number of ether oxygens (including phenoxy) is 1. The monoisotopic (exact) mass is 261 g/mol. The molecule has 3 nitrogen and oxygen atoms in total. The fourth-order valence-electron chi connectivity index (χ4n) is 1.58. The number of methoxy groups -OCH3 is 1. The molecule has 0 aliphatic rings. The van der Waals surface area contributed by atoms with Crippen LogP contribution in [-0.4, -0.2) is 17.2 Å². The van der Waals surface area contributed by atoms with Crippen LogP contribution in [0.3, 0.4) is 0 Å². The van der Waals surface area contributed by atoms with Gasteiger partial charge in [0.25, 0.3) is 0 Å². The molecule has 0 saturated carbocycles. The predicted octanol–water partition coefficient (Wildman–Crippen LogP) is 3.29. The Morgan fingerprint density at radius 1 is 1.28 bits per heavy atom. The lowest BCUT2D eigenvalue weighted by molar-refractivity contribution is 0.195. The Morgan fingerprint density at radius 3 is 2.83 bits per heavy atom. The van der Waals surface area contributed by atoms with Gasteiger partial charge in [0.05, 0.1) is 13.2 Å². The summed E-state index contributed by atoms with van der Waals surface area (Å²) in [5.74, 6) is 0.814. The SMILES string of the molecule is COc1cccc(Sc2ncccc2[C@H](C)O)c1. The van der Waals surface area contributed by atoms with Gasteiger partial charge in [0, 0.05) is 16.7 Å².